The Balaban J connectivity index is 1.41. The van der Waals surface area contributed by atoms with Gasteiger partial charge in [0.15, 0.2) is 34.1 Å². The van der Waals surface area contributed by atoms with E-state index in [1.807, 2.05) is 27.7 Å². The van der Waals surface area contributed by atoms with Gasteiger partial charge in [0.2, 0.25) is 5.91 Å². The van der Waals surface area contributed by atoms with E-state index in [1.165, 1.54) is 19.9 Å². The molecule has 3 aromatic rings. The molecule has 0 saturated carbocycles. The maximum absolute atomic E-state index is 15.5. The number of hydrogen-bond acceptors (Lipinski definition) is 8. The zero-order valence-electron chi connectivity index (χ0n) is 30.0. The summed E-state index contributed by atoms with van der Waals surface area (Å²) in [6.07, 6.45) is -4.27. The molecular formula is C36H36F7N5O5S. The summed E-state index contributed by atoms with van der Waals surface area (Å²) in [6.45, 7) is 10.1. The van der Waals surface area contributed by atoms with Crippen molar-refractivity contribution in [2.75, 3.05) is 42.8 Å². The number of pyridine rings is 1. The first-order valence-electron chi connectivity index (χ1n) is 16.3. The largest absolute Gasteiger partial charge is 0.485 e. The quantitative estimate of drug-likeness (QED) is 0.110. The summed E-state index contributed by atoms with van der Waals surface area (Å²) < 4.78 is 118. The smallest absolute Gasteiger partial charge is 0.420 e. The van der Waals surface area contributed by atoms with E-state index in [0.717, 1.165) is 35.4 Å². The third kappa shape index (κ3) is 8.91. The van der Waals surface area contributed by atoms with Gasteiger partial charge in [0.1, 0.15) is 30.0 Å². The normalized spacial score (nSPS) is 15.0. The molecule has 0 aliphatic carbocycles. The van der Waals surface area contributed by atoms with Crippen molar-refractivity contribution in [2.45, 2.75) is 59.3 Å². The SMILES string of the molecule is CC(NC(=O)COCCOCCOc1c(F)cc(-c2ncc(N3C(=S)N(c4ccc(C#N)c(C(F)(F)F)c4F)C(=O)C3(C)C)cc2F)cc1F)C(C)(C)C. The number of anilines is 2. The van der Waals surface area contributed by atoms with E-state index in [-0.39, 0.29) is 61.6 Å². The number of carbonyl (C=O) groups is 2. The average molecular weight is 784 g/mol. The van der Waals surface area contributed by atoms with Crippen LogP contribution in [-0.2, 0) is 25.2 Å². The van der Waals surface area contributed by atoms with Gasteiger partial charge in [0, 0.05) is 17.7 Å². The number of hydrogen-bond donors (Lipinski definition) is 1. The Labute approximate surface area is 311 Å². The van der Waals surface area contributed by atoms with Gasteiger partial charge in [-0.05, 0) is 62.7 Å². The molecule has 10 nitrogen and oxygen atoms in total. The molecule has 1 aliphatic rings. The molecule has 1 atom stereocenters. The third-order valence-corrected chi connectivity index (χ3v) is 8.91. The number of nitrogens with zero attached hydrogens (tertiary/aromatic N) is 4. The van der Waals surface area contributed by atoms with Gasteiger partial charge in [0.25, 0.3) is 5.91 Å². The second-order valence-electron chi connectivity index (χ2n) is 13.7. The van der Waals surface area contributed by atoms with Crippen LogP contribution in [0.5, 0.6) is 5.75 Å². The van der Waals surface area contributed by atoms with Crippen LogP contribution in [0, 0.1) is 40.0 Å². The molecule has 1 aliphatic heterocycles. The summed E-state index contributed by atoms with van der Waals surface area (Å²) >= 11 is 5.35. The predicted octanol–water partition coefficient (Wildman–Crippen LogP) is 7.07. The zero-order chi connectivity index (χ0) is 40.3. The Morgan fingerprint density at radius 2 is 1.61 bits per heavy atom. The van der Waals surface area contributed by atoms with Crippen LogP contribution >= 0.6 is 12.2 Å². The third-order valence-electron chi connectivity index (χ3n) is 8.55. The number of halogens is 7. The van der Waals surface area contributed by atoms with Crippen LogP contribution in [-0.4, -0.2) is 66.5 Å². The molecule has 0 spiro atoms. The summed E-state index contributed by atoms with van der Waals surface area (Å²) in [5.41, 5.74) is -6.62. The summed E-state index contributed by atoms with van der Waals surface area (Å²) in [7, 11) is 0. The minimum absolute atomic E-state index is 0.0672. The van der Waals surface area contributed by atoms with E-state index < -0.39 is 74.3 Å². The van der Waals surface area contributed by atoms with Crippen LogP contribution in [0.3, 0.4) is 0 Å². The first kappa shape index (κ1) is 41.9. The summed E-state index contributed by atoms with van der Waals surface area (Å²) in [5.74, 6) is -7.40. The number of thiocarbonyl (C=S) groups is 1. The van der Waals surface area contributed by atoms with Crippen molar-refractivity contribution in [3.63, 3.8) is 0 Å². The molecule has 0 radical (unpaired) electrons. The standard InChI is InChI=1S/C36H36F7N5O5S/c1-19(34(2,3)4)46-27(49)18-52-10-9-51-11-12-53-31-24(38)13-21(14-25(31)39)30-23(37)15-22(17-45-30)48-33(54)47(32(50)35(48,5)6)26-8-7-20(16-44)28(29(26)40)36(41,42)43/h7-8,13-15,17,19H,9-12,18H2,1-6H3,(H,46,49). The lowest BCUT2D eigenvalue weighted by molar-refractivity contribution is -0.140. The molecule has 1 N–H and O–H groups in total. The second-order valence-corrected chi connectivity index (χ2v) is 14.1. The molecule has 1 unspecified atom stereocenters. The highest BCUT2D eigenvalue weighted by atomic mass is 32.1. The molecule has 1 saturated heterocycles. The van der Waals surface area contributed by atoms with Crippen molar-refractivity contribution >= 4 is 40.5 Å². The van der Waals surface area contributed by atoms with Gasteiger partial charge in [0.05, 0.1) is 49.0 Å². The van der Waals surface area contributed by atoms with E-state index in [1.54, 1.807) is 0 Å². The van der Waals surface area contributed by atoms with Crippen molar-refractivity contribution < 1.29 is 54.5 Å². The minimum atomic E-state index is -5.28. The van der Waals surface area contributed by atoms with Crippen molar-refractivity contribution in [1.29, 1.82) is 5.26 Å². The topological polar surface area (TPSA) is 117 Å². The highest BCUT2D eigenvalue weighted by molar-refractivity contribution is 7.81. The van der Waals surface area contributed by atoms with E-state index in [0.29, 0.717) is 11.0 Å². The van der Waals surface area contributed by atoms with Gasteiger partial charge in [-0.2, -0.15) is 18.4 Å². The predicted molar refractivity (Wildman–Crippen MR) is 186 cm³/mol. The van der Waals surface area contributed by atoms with Crippen LogP contribution in [0.2, 0.25) is 0 Å². The lowest BCUT2D eigenvalue weighted by Crippen LogP contribution is -2.44. The average Bonchev–Trinajstić information content (AvgIpc) is 3.23. The molecular weight excluding hydrogens is 747 g/mol. The fourth-order valence-electron chi connectivity index (χ4n) is 5.23. The van der Waals surface area contributed by atoms with Crippen molar-refractivity contribution in [2.24, 2.45) is 5.41 Å². The lowest BCUT2D eigenvalue weighted by atomic mass is 9.88. The van der Waals surface area contributed by atoms with Crippen molar-refractivity contribution in [3.05, 3.63) is 70.9 Å². The fourth-order valence-corrected chi connectivity index (χ4v) is 5.75. The van der Waals surface area contributed by atoms with Gasteiger partial charge in [-0.25, -0.2) is 17.6 Å². The molecule has 290 valence electrons. The molecule has 1 fully saturated rings. The molecule has 4 rings (SSSR count). The molecule has 2 heterocycles. The number of alkyl halides is 3. The van der Waals surface area contributed by atoms with Crippen LogP contribution in [0.4, 0.5) is 42.1 Å². The number of aromatic nitrogens is 1. The lowest BCUT2D eigenvalue weighted by Gasteiger charge is -2.29. The van der Waals surface area contributed by atoms with Gasteiger partial charge >= 0.3 is 6.18 Å². The van der Waals surface area contributed by atoms with E-state index in [9.17, 15) is 31.5 Å². The maximum Gasteiger partial charge on any atom is 0.420 e. The monoisotopic (exact) mass is 783 g/mol. The number of rotatable bonds is 13. The Bertz CT molecular complexity index is 1960. The molecule has 2 amide bonds. The first-order chi connectivity index (χ1) is 25.1. The maximum atomic E-state index is 15.5. The van der Waals surface area contributed by atoms with Crippen LogP contribution in [0.1, 0.15) is 52.7 Å². The summed E-state index contributed by atoms with van der Waals surface area (Å²) in [4.78, 5) is 30.9. The number of nitrogens with one attached hydrogen (secondary N) is 1. The van der Waals surface area contributed by atoms with Crippen molar-refractivity contribution in [1.82, 2.24) is 10.3 Å². The van der Waals surface area contributed by atoms with Crippen LogP contribution < -0.4 is 19.9 Å². The number of carbonyl (C=O) groups excluding carboxylic acids is 2. The Morgan fingerprint density at radius 3 is 2.19 bits per heavy atom. The highest BCUT2D eigenvalue weighted by Crippen LogP contribution is 2.42. The Morgan fingerprint density at radius 1 is 1.00 bits per heavy atom. The van der Waals surface area contributed by atoms with Gasteiger partial charge < -0.3 is 24.4 Å². The second kappa shape index (κ2) is 16.2. The molecule has 54 heavy (non-hydrogen) atoms. The van der Waals surface area contributed by atoms with Gasteiger partial charge in [-0.15, -0.1) is 0 Å². The minimum Gasteiger partial charge on any atom is -0.485 e. The number of benzene rings is 2. The highest BCUT2D eigenvalue weighted by Gasteiger charge is 2.52. The summed E-state index contributed by atoms with van der Waals surface area (Å²) in [5, 5.41) is 11.4. The number of nitriles is 1. The molecule has 2 aromatic carbocycles. The van der Waals surface area contributed by atoms with E-state index >= 15 is 8.78 Å². The van der Waals surface area contributed by atoms with Crippen LogP contribution in [0.15, 0.2) is 36.5 Å². The van der Waals surface area contributed by atoms with Crippen LogP contribution in [0.25, 0.3) is 11.3 Å². The fraction of sp³-hybridized carbons (Fsp3) is 0.417. The number of ether oxygens (including phenoxy) is 3. The Kier molecular flexibility index (Phi) is 12.6. The zero-order valence-corrected chi connectivity index (χ0v) is 30.8. The van der Waals surface area contributed by atoms with E-state index in [2.05, 4.69) is 10.3 Å². The van der Waals surface area contributed by atoms with Gasteiger partial charge in [-0.1, -0.05) is 20.8 Å². The molecule has 1 aromatic heterocycles. The Hall–Kier alpha value is -4.86. The summed E-state index contributed by atoms with van der Waals surface area (Å²) in [6, 6.07) is 5.10. The van der Waals surface area contributed by atoms with Crippen molar-refractivity contribution in [3.8, 4) is 23.1 Å². The first-order valence-corrected chi connectivity index (χ1v) is 16.7. The molecule has 0 bridgehead atoms. The van der Waals surface area contributed by atoms with Gasteiger partial charge in [-0.3, -0.25) is 19.5 Å². The van der Waals surface area contributed by atoms with E-state index in [4.69, 9.17) is 31.7 Å². The number of amides is 2. The molecule has 18 heteroatoms.